The topological polar surface area (TPSA) is 54.5 Å². The third-order valence-corrected chi connectivity index (χ3v) is 3.73. The predicted octanol–water partition coefficient (Wildman–Crippen LogP) is 3.19. The standard InChI is InChI=1S/C19H25N3O2/c1-3-22(15-16-8-5-4-6-9-16)19(23)17-10-11-18(21-14-17)20-12-7-13-24-2/h4-6,8-11,14H,3,7,12-13,15H2,1-2H3,(H,20,21). The van der Waals surface area contributed by atoms with Crippen molar-refractivity contribution < 1.29 is 9.53 Å². The SMILES string of the molecule is CCN(Cc1ccccc1)C(=O)c1ccc(NCCCOC)nc1. The number of nitrogens with zero attached hydrogens (tertiary/aromatic N) is 2. The first-order chi connectivity index (χ1) is 11.7. The minimum Gasteiger partial charge on any atom is -0.385 e. The van der Waals surface area contributed by atoms with E-state index in [1.807, 2.05) is 54.3 Å². The first-order valence-electron chi connectivity index (χ1n) is 8.26. The van der Waals surface area contributed by atoms with Gasteiger partial charge in [0.2, 0.25) is 0 Å². The zero-order valence-corrected chi connectivity index (χ0v) is 14.4. The van der Waals surface area contributed by atoms with Crippen molar-refractivity contribution in [1.29, 1.82) is 0 Å². The average molecular weight is 327 g/mol. The summed E-state index contributed by atoms with van der Waals surface area (Å²) in [5, 5.41) is 3.21. The van der Waals surface area contributed by atoms with Crippen LogP contribution in [0.2, 0.25) is 0 Å². The van der Waals surface area contributed by atoms with Crippen LogP contribution in [0.15, 0.2) is 48.7 Å². The summed E-state index contributed by atoms with van der Waals surface area (Å²) < 4.78 is 5.01. The second-order valence-electron chi connectivity index (χ2n) is 5.51. The Morgan fingerprint density at radius 3 is 2.62 bits per heavy atom. The maximum absolute atomic E-state index is 12.6. The molecule has 5 nitrogen and oxygen atoms in total. The molecule has 2 rings (SSSR count). The summed E-state index contributed by atoms with van der Waals surface area (Å²) >= 11 is 0. The second kappa shape index (κ2) is 9.67. The fraction of sp³-hybridized carbons (Fsp3) is 0.368. The average Bonchev–Trinajstić information content (AvgIpc) is 2.64. The highest BCUT2D eigenvalue weighted by Gasteiger charge is 2.14. The fourth-order valence-electron chi connectivity index (χ4n) is 2.37. The van der Waals surface area contributed by atoms with Crippen LogP contribution in [0, 0.1) is 0 Å². The van der Waals surface area contributed by atoms with E-state index < -0.39 is 0 Å². The number of amides is 1. The van der Waals surface area contributed by atoms with Crippen LogP contribution in [-0.2, 0) is 11.3 Å². The summed E-state index contributed by atoms with van der Waals surface area (Å²) in [6.45, 7) is 4.76. The second-order valence-corrected chi connectivity index (χ2v) is 5.51. The molecule has 1 aromatic carbocycles. The van der Waals surface area contributed by atoms with Crippen molar-refractivity contribution in [2.75, 3.05) is 32.1 Å². The molecule has 1 amide bonds. The lowest BCUT2D eigenvalue weighted by Crippen LogP contribution is -2.30. The Labute approximate surface area is 143 Å². The lowest BCUT2D eigenvalue weighted by atomic mass is 10.2. The number of ether oxygens (including phenoxy) is 1. The third-order valence-electron chi connectivity index (χ3n) is 3.73. The van der Waals surface area contributed by atoms with Crippen LogP contribution in [-0.4, -0.2) is 42.6 Å². The van der Waals surface area contributed by atoms with Crippen molar-refractivity contribution in [2.24, 2.45) is 0 Å². The van der Waals surface area contributed by atoms with E-state index in [0.29, 0.717) is 25.3 Å². The highest BCUT2D eigenvalue weighted by molar-refractivity contribution is 5.94. The Bertz CT molecular complexity index is 614. The molecule has 0 spiro atoms. The molecule has 0 fully saturated rings. The van der Waals surface area contributed by atoms with Gasteiger partial charge in [-0.2, -0.15) is 0 Å². The van der Waals surface area contributed by atoms with Gasteiger partial charge in [-0.1, -0.05) is 30.3 Å². The van der Waals surface area contributed by atoms with E-state index in [4.69, 9.17) is 4.74 Å². The van der Waals surface area contributed by atoms with Crippen molar-refractivity contribution in [3.63, 3.8) is 0 Å². The smallest absolute Gasteiger partial charge is 0.255 e. The molecule has 5 heteroatoms. The van der Waals surface area contributed by atoms with E-state index in [1.165, 1.54) is 0 Å². The molecule has 1 N–H and O–H groups in total. The lowest BCUT2D eigenvalue weighted by molar-refractivity contribution is 0.0752. The van der Waals surface area contributed by atoms with Crippen LogP contribution in [0.5, 0.6) is 0 Å². The molecule has 1 aromatic heterocycles. The van der Waals surface area contributed by atoms with Gasteiger partial charge in [-0.05, 0) is 31.0 Å². The Balaban J connectivity index is 1.94. The van der Waals surface area contributed by atoms with Gasteiger partial charge in [0, 0.05) is 39.5 Å². The molecule has 0 bridgehead atoms. The van der Waals surface area contributed by atoms with Crippen molar-refractivity contribution in [3.05, 3.63) is 59.8 Å². The summed E-state index contributed by atoms with van der Waals surface area (Å²) in [5.41, 5.74) is 1.73. The Morgan fingerprint density at radius 2 is 2.00 bits per heavy atom. The van der Waals surface area contributed by atoms with Gasteiger partial charge in [0.25, 0.3) is 5.91 Å². The van der Waals surface area contributed by atoms with Crippen LogP contribution in [0.25, 0.3) is 0 Å². The number of carbonyl (C=O) groups excluding carboxylic acids is 1. The number of nitrogens with one attached hydrogen (secondary N) is 1. The summed E-state index contributed by atoms with van der Waals surface area (Å²) in [5.74, 6) is 0.772. The largest absolute Gasteiger partial charge is 0.385 e. The van der Waals surface area contributed by atoms with Gasteiger partial charge in [-0.15, -0.1) is 0 Å². The van der Waals surface area contributed by atoms with E-state index in [-0.39, 0.29) is 5.91 Å². The maximum Gasteiger partial charge on any atom is 0.255 e. The zero-order valence-electron chi connectivity index (χ0n) is 14.4. The van der Waals surface area contributed by atoms with E-state index in [9.17, 15) is 4.79 Å². The van der Waals surface area contributed by atoms with Gasteiger partial charge in [0.15, 0.2) is 0 Å². The Hall–Kier alpha value is -2.40. The number of carbonyl (C=O) groups is 1. The van der Waals surface area contributed by atoms with Crippen LogP contribution in [0.1, 0.15) is 29.3 Å². The molecule has 1 heterocycles. The molecule has 128 valence electrons. The van der Waals surface area contributed by atoms with E-state index >= 15 is 0 Å². The van der Waals surface area contributed by atoms with Crippen molar-refractivity contribution in [2.45, 2.75) is 19.9 Å². The molecule has 2 aromatic rings. The first kappa shape index (κ1) is 17.9. The molecule has 0 unspecified atom stereocenters. The number of pyridine rings is 1. The van der Waals surface area contributed by atoms with Crippen molar-refractivity contribution >= 4 is 11.7 Å². The maximum atomic E-state index is 12.6. The first-order valence-corrected chi connectivity index (χ1v) is 8.26. The Morgan fingerprint density at radius 1 is 1.21 bits per heavy atom. The molecule has 24 heavy (non-hydrogen) atoms. The summed E-state index contributed by atoms with van der Waals surface area (Å²) in [6.07, 6.45) is 2.55. The monoisotopic (exact) mass is 327 g/mol. The van der Waals surface area contributed by atoms with Gasteiger partial charge < -0.3 is 15.0 Å². The molecule has 0 aliphatic heterocycles. The summed E-state index contributed by atoms with van der Waals surface area (Å²) in [4.78, 5) is 18.8. The highest BCUT2D eigenvalue weighted by atomic mass is 16.5. The number of hydrogen-bond donors (Lipinski definition) is 1. The van der Waals surface area contributed by atoms with Crippen molar-refractivity contribution in [3.8, 4) is 0 Å². The molecular formula is C19H25N3O2. The molecule has 0 aliphatic rings. The number of benzene rings is 1. The summed E-state index contributed by atoms with van der Waals surface area (Å²) in [6, 6.07) is 13.7. The van der Waals surface area contributed by atoms with Gasteiger partial charge in [0.05, 0.1) is 5.56 Å². The van der Waals surface area contributed by atoms with E-state index in [1.54, 1.807) is 13.3 Å². The number of methoxy groups -OCH3 is 1. The van der Waals surface area contributed by atoms with Crippen molar-refractivity contribution in [1.82, 2.24) is 9.88 Å². The number of anilines is 1. The minimum absolute atomic E-state index is 0.000198. The van der Waals surface area contributed by atoms with Crippen LogP contribution in [0.3, 0.4) is 0 Å². The minimum atomic E-state index is -0.000198. The van der Waals surface area contributed by atoms with Gasteiger partial charge >= 0.3 is 0 Å². The van der Waals surface area contributed by atoms with Crippen LogP contribution < -0.4 is 5.32 Å². The molecule has 0 atom stereocenters. The molecule has 0 saturated carbocycles. The fourth-order valence-corrected chi connectivity index (χ4v) is 2.37. The number of rotatable bonds is 9. The quantitative estimate of drug-likeness (QED) is 0.719. The number of aromatic nitrogens is 1. The lowest BCUT2D eigenvalue weighted by Gasteiger charge is -2.21. The molecule has 0 radical (unpaired) electrons. The normalized spacial score (nSPS) is 10.4. The molecule has 0 saturated heterocycles. The molecular weight excluding hydrogens is 302 g/mol. The molecule has 0 aliphatic carbocycles. The Kier molecular flexibility index (Phi) is 7.23. The summed E-state index contributed by atoms with van der Waals surface area (Å²) in [7, 11) is 1.69. The van der Waals surface area contributed by atoms with E-state index in [2.05, 4.69) is 10.3 Å². The van der Waals surface area contributed by atoms with Gasteiger partial charge in [-0.3, -0.25) is 4.79 Å². The predicted molar refractivity (Wildman–Crippen MR) is 96.1 cm³/mol. The van der Waals surface area contributed by atoms with E-state index in [0.717, 1.165) is 24.3 Å². The van der Waals surface area contributed by atoms with Gasteiger partial charge in [0.1, 0.15) is 5.82 Å². The van der Waals surface area contributed by atoms with Crippen LogP contribution >= 0.6 is 0 Å². The van der Waals surface area contributed by atoms with Gasteiger partial charge in [-0.25, -0.2) is 4.98 Å². The number of hydrogen-bond acceptors (Lipinski definition) is 4. The highest BCUT2D eigenvalue weighted by Crippen LogP contribution is 2.11. The zero-order chi connectivity index (χ0) is 17.2. The van der Waals surface area contributed by atoms with Crippen LogP contribution in [0.4, 0.5) is 5.82 Å². The third kappa shape index (κ3) is 5.35.